The lowest BCUT2D eigenvalue weighted by Gasteiger charge is -2.34. The number of halogens is 1. The van der Waals surface area contributed by atoms with E-state index in [9.17, 15) is 9.18 Å². The van der Waals surface area contributed by atoms with E-state index in [0.29, 0.717) is 11.3 Å². The average Bonchev–Trinajstić information content (AvgIpc) is 3.25. The number of carbonyl (C=O) groups is 1. The number of H-pyrrole nitrogens is 1. The number of hydrogen-bond acceptors (Lipinski definition) is 4. The standard InChI is InChI=1S/C18H20FN5OS/c1-23-9-7-20-18(23)26-11-16(25)24-8-3-2-4-15(24)17-21-13-6-5-12(19)10-14(13)22-17/h5-7,9-10,15H,2-4,8,11H2,1H3,(H,21,22). The number of thioether (sulfide) groups is 1. The maximum atomic E-state index is 13.4. The highest BCUT2D eigenvalue weighted by Crippen LogP contribution is 2.31. The van der Waals surface area contributed by atoms with Crippen molar-refractivity contribution in [2.24, 2.45) is 7.05 Å². The number of hydrogen-bond donors (Lipinski definition) is 1. The number of rotatable bonds is 4. The maximum absolute atomic E-state index is 13.4. The number of carbonyl (C=O) groups excluding carboxylic acids is 1. The van der Waals surface area contributed by atoms with Gasteiger partial charge in [0.05, 0.1) is 22.8 Å². The molecule has 0 radical (unpaired) electrons. The van der Waals surface area contributed by atoms with Gasteiger partial charge in [0.2, 0.25) is 5.91 Å². The Bertz CT molecular complexity index is 937. The molecule has 2 aromatic heterocycles. The maximum Gasteiger partial charge on any atom is 0.233 e. The molecule has 1 N–H and O–H groups in total. The third-order valence-corrected chi connectivity index (χ3v) is 5.75. The molecular weight excluding hydrogens is 353 g/mol. The van der Waals surface area contributed by atoms with Crippen molar-refractivity contribution >= 4 is 28.7 Å². The second-order valence-corrected chi connectivity index (χ2v) is 7.43. The van der Waals surface area contributed by atoms with Gasteiger partial charge in [-0.1, -0.05) is 11.8 Å². The van der Waals surface area contributed by atoms with Gasteiger partial charge in [-0.05, 0) is 37.5 Å². The quantitative estimate of drug-likeness (QED) is 0.713. The second-order valence-electron chi connectivity index (χ2n) is 6.49. The first-order valence-electron chi connectivity index (χ1n) is 8.66. The molecule has 3 aromatic rings. The summed E-state index contributed by atoms with van der Waals surface area (Å²) < 4.78 is 15.3. The Morgan fingerprint density at radius 2 is 2.31 bits per heavy atom. The molecule has 1 fully saturated rings. The number of piperidine rings is 1. The minimum absolute atomic E-state index is 0.0781. The summed E-state index contributed by atoms with van der Waals surface area (Å²) in [5.74, 6) is 0.863. The van der Waals surface area contributed by atoms with Crippen molar-refractivity contribution in [2.75, 3.05) is 12.3 Å². The molecule has 3 heterocycles. The molecule has 136 valence electrons. The SMILES string of the molecule is Cn1ccnc1SCC(=O)N1CCCCC1c1nc2ccc(F)cc2[nH]1. The number of aryl methyl sites for hydroxylation is 1. The van der Waals surface area contributed by atoms with Crippen molar-refractivity contribution in [1.29, 1.82) is 0 Å². The molecule has 0 spiro atoms. The lowest BCUT2D eigenvalue weighted by atomic mass is 10.0. The zero-order chi connectivity index (χ0) is 18.1. The summed E-state index contributed by atoms with van der Waals surface area (Å²) in [6.07, 6.45) is 6.49. The molecule has 26 heavy (non-hydrogen) atoms. The minimum Gasteiger partial charge on any atom is -0.340 e. The number of likely N-dealkylation sites (tertiary alicyclic amines) is 1. The van der Waals surface area contributed by atoms with E-state index in [0.717, 1.165) is 42.3 Å². The van der Waals surface area contributed by atoms with Crippen molar-refractivity contribution in [1.82, 2.24) is 24.4 Å². The Balaban J connectivity index is 1.53. The van der Waals surface area contributed by atoms with Crippen LogP contribution in [-0.2, 0) is 11.8 Å². The van der Waals surface area contributed by atoms with E-state index in [1.807, 2.05) is 22.7 Å². The van der Waals surface area contributed by atoms with Crippen molar-refractivity contribution < 1.29 is 9.18 Å². The van der Waals surface area contributed by atoms with E-state index in [1.165, 1.54) is 23.9 Å². The van der Waals surface area contributed by atoms with Crippen LogP contribution >= 0.6 is 11.8 Å². The fourth-order valence-electron chi connectivity index (χ4n) is 3.37. The van der Waals surface area contributed by atoms with Crippen molar-refractivity contribution in [3.05, 3.63) is 42.2 Å². The van der Waals surface area contributed by atoms with Crippen LogP contribution in [0.1, 0.15) is 31.1 Å². The van der Waals surface area contributed by atoms with Crippen LogP contribution < -0.4 is 0 Å². The first-order valence-corrected chi connectivity index (χ1v) is 9.65. The Kier molecular flexibility index (Phi) is 4.67. The molecule has 1 aliphatic heterocycles. The minimum atomic E-state index is -0.296. The number of benzene rings is 1. The number of amides is 1. The first kappa shape index (κ1) is 17.1. The third kappa shape index (κ3) is 3.33. The predicted octanol–water partition coefficient (Wildman–Crippen LogP) is 3.28. The van der Waals surface area contributed by atoms with Crippen molar-refractivity contribution in [2.45, 2.75) is 30.5 Å². The van der Waals surface area contributed by atoms with Gasteiger partial charge >= 0.3 is 0 Å². The van der Waals surface area contributed by atoms with Crippen LogP contribution in [-0.4, -0.2) is 42.6 Å². The normalized spacial score (nSPS) is 17.8. The van der Waals surface area contributed by atoms with Gasteiger partial charge in [0.15, 0.2) is 5.16 Å². The van der Waals surface area contributed by atoms with E-state index >= 15 is 0 Å². The summed E-state index contributed by atoms with van der Waals surface area (Å²) in [6, 6.07) is 4.42. The number of nitrogens with one attached hydrogen (secondary N) is 1. The van der Waals surface area contributed by atoms with E-state index in [1.54, 1.807) is 12.3 Å². The molecule has 1 aliphatic rings. The zero-order valence-corrected chi connectivity index (χ0v) is 15.3. The van der Waals surface area contributed by atoms with Gasteiger partial charge in [0.1, 0.15) is 11.6 Å². The Labute approximate surface area is 154 Å². The van der Waals surface area contributed by atoms with Gasteiger partial charge < -0.3 is 14.5 Å². The molecule has 0 aliphatic carbocycles. The smallest absolute Gasteiger partial charge is 0.233 e. The molecular formula is C18H20FN5OS. The highest BCUT2D eigenvalue weighted by atomic mass is 32.2. The number of aromatic amines is 1. The molecule has 8 heteroatoms. The predicted molar refractivity (Wildman–Crippen MR) is 98.3 cm³/mol. The average molecular weight is 373 g/mol. The molecule has 1 saturated heterocycles. The van der Waals surface area contributed by atoms with Gasteiger partial charge in [-0.2, -0.15) is 0 Å². The summed E-state index contributed by atoms with van der Waals surface area (Å²) >= 11 is 1.44. The van der Waals surface area contributed by atoms with E-state index in [2.05, 4.69) is 15.0 Å². The van der Waals surface area contributed by atoms with Crippen LogP contribution in [0, 0.1) is 5.82 Å². The molecule has 1 aromatic carbocycles. The number of imidazole rings is 2. The largest absolute Gasteiger partial charge is 0.340 e. The summed E-state index contributed by atoms with van der Waals surface area (Å²) in [7, 11) is 1.91. The fourth-order valence-corrected chi connectivity index (χ4v) is 4.19. The Morgan fingerprint density at radius 3 is 3.12 bits per heavy atom. The van der Waals surface area contributed by atoms with Crippen molar-refractivity contribution in [3.63, 3.8) is 0 Å². The van der Waals surface area contributed by atoms with Crippen LogP contribution in [0.15, 0.2) is 35.7 Å². The lowest BCUT2D eigenvalue weighted by Crippen LogP contribution is -2.40. The fraction of sp³-hybridized carbons (Fsp3) is 0.389. The first-order chi connectivity index (χ1) is 12.6. The second kappa shape index (κ2) is 7.11. The highest BCUT2D eigenvalue weighted by Gasteiger charge is 2.30. The number of fused-ring (bicyclic) bond motifs is 1. The Hall–Kier alpha value is -2.35. The topological polar surface area (TPSA) is 66.8 Å². The van der Waals surface area contributed by atoms with E-state index < -0.39 is 0 Å². The monoisotopic (exact) mass is 373 g/mol. The number of nitrogens with zero attached hydrogens (tertiary/aromatic N) is 4. The van der Waals surface area contributed by atoms with Gasteiger partial charge in [0.25, 0.3) is 0 Å². The highest BCUT2D eigenvalue weighted by molar-refractivity contribution is 7.99. The zero-order valence-electron chi connectivity index (χ0n) is 14.5. The van der Waals surface area contributed by atoms with E-state index in [4.69, 9.17) is 0 Å². The summed E-state index contributed by atoms with van der Waals surface area (Å²) in [5, 5.41) is 0.825. The molecule has 0 bridgehead atoms. The summed E-state index contributed by atoms with van der Waals surface area (Å²) in [5.41, 5.74) is 1.39. The lowest BCUT2D eigenvalue weighted by molar-refractivity contribution is -0.132. The number of aromatic nitrogens is 4. The molecule has 4 rings (SSSR count). The van der Waals surface area contributed by atoms with Crippen LogP contribution in [0.5, 0.6) is 0 Å². The van der Waals surface area contributed by atoms with Crippen LogP contribution in [0.25, 0.3) is 11.0 Å². The van der Waals surface area contributed by atoms with Gasteiger partial charge in [-0.15, -0.1) is 0 Å². The molecule has 1 unspecified atom stereocenters. The molecule has 6 nitrogen and oxygen atoms in total. The van der Waals surface area contributed by atoms with Gasteiger partial charge in [-0.25, -0.2) is 14.4 Å². The van der Waals surface area contributed by atoms with Crippen LogP contribution in [0.2, 0.25) is 0 Å². The summed E-state index contributed by atoms with van der Waals surface area (Å²) in [4.78, 5) is 26.8. The van der Waals surface area contributed by atoms with Gasteiger partial charge in [0, 0.05) is 26.0 Å². The van der Waals surface area contributed by atoms with Crippen LogP contribution in [0.4, 0.5) is 4.39 Å². The molecule has 1 amide bonds. The van der Waals surface area contributed by atoms with Gasteiger partial charge in [-0.3, -0.25) is 4.79 Å². The van der Waals surface area contributed by atoms with Crippen LogP contribution in [0.3, 0.4) is 0 Å². The molecule has 0 saturated carbocycles. The molecule has 1 atom stereocenters. The van der Waals surface area contributed by atoms with Crippen molar-refractivity contribution in [3.8, 4) is 0 Å². The Morgan fingerprint density at radius 1 is 1.42 bits per heavy atom. The summed E-state index contributed by atoms with van der Waals surface area (Å²) in [6.45, 7) is 0.718. The van der Waals surface area contributed by atoms with E-state index in [-0.39, 0.29) is 17.8 Å². The third-order valence-electron chi connectivity index (χ3n) is 4.70.